The second-order valence-corrected chi connectivity index (χ2v) is 13.0. The first-order chi connectivity index (χ1) is 18.7. The second-order valence-electron chi connectivity index (χ2n) is 9.87. The lowest BCUT2D eigenvalue weighted by Crippen LogP contribution is -2.57. The van der Waals surface area contributed by atoms with Gasteiger partial charge in [0.2, 0.25) is 15.9 Å². The molecule has 1 saturated heterocycles. The van der Waals surface area contributed by atoms with Gasteiger partial charge in [0.25, 0.3) is 0 Å². The minimum Gasteiger partial charge on any atom is -0.492 e. The zero-order valence-corrected chi connectivity index (χ0v) is 25.0. The number of benzene rings is 3. The van der Waals surface area contributed by atoms with Crippen molar-refractivity contribution in [3.05, 3.63) is 92.9 Å². The summed E-state index contributed by atoms with van der Waals surface area (Å²) in [6.45, 7) is 3.81. The molecule has 2 atom stereocenters. The molecule has 3 aromatic rings. The summed E-state index contributed by atoms with van der Waals surface area (Å²) < 4.78 is 36.2. The quantitative estimate of drug-likeness (QED) is 0.377. The molecular formula is C29H31BrClN3O4S. The fourth-order valence-corrected chi connectivity index (χ4v) is 7.91. The Morgan fingerprint density at radius 3 is 2.51 bits per heavy atom. The van der Waals surface area contributed by atoms with Crippen LogP contribution in [0.2, 0.25) is 5.02 Å². The number of likely N-dealkylation sites (N-methyl/N-ethyl adjacent to an activating group) is 1. The van der Waals surface area contributed by atoms with Gasteiger partial charge in [0.15, 0.2) is 0 Å². The smallest absolute Gasteiger partial charge is 0.247 e. The Labute approximate surface area is 243 Å². The number of halogens is 2. The molecule has 10 heteroatoms. The zero-order valence-electron chi connectivity index (χ0n) is 21.9. The van der Waals surface area contributed by atoms with E-state index in [-0.39, 0.29) is 29.1 Å². The van der Waals surface area contributed by atoms with E-state index in [0.717, 1.165) is 16.7 Å². The zero-order chi connectivity index (χ0) is 27.7. The minimum absolute atomic E-state index is 0.0447. The van der Waals surface area contributed by atoms with Crippen LogP contribution >= 0.6 is 27.5 Å². The Hall–Kier alpha value is -2.43. The van der Waals surface area contributed by atoms with Crippen LogP contribution in [0.3, 0.4) is 0 Å². The molecular weight excluding hydrogens is 602 g/mol. The molecule has 1 fully saturated rings. The minimum atomic E-state index is -4.10. The van der Waals surface area contributed by atoms with Crippen LogP contribution in [0.5, 0.6) is 5.75 Å². The molecule has 0 N–H and O–H groups in total. The largest absolute Gasteiger partial charge is 0.492 e. The molecule has 1 amide bonds. The number of rotatable bonds is 6. The highest BCUT2D eigenvalue weighted by molar-refractivity contribution is 9.10. The third-order valence-corrected chi connectivity index (χ3v) is 10.2. The van der Waals surface area contributed by atoms with Gasteiger partial charge >= 0.3 is 0 Å². The standard InChI is InChI=1S/C29H31BrClN3O4S/c1-3-38-27-13-12-22(30)17-28(27)39(36,37)34-18-21-9-5-4-8-20(21)16-25(34)29(35)33-15-14-32(2)26(19-33)23-10-6-7-11-24(23)31/h4-13,17,25-26H,3,14-16,18-19H2,1-2H3. The van der Waals surface area contributed by atoms with E-state index in [4.69, 9.17) is 16.3 Å². The third-order valence-electron chi connectivity index (χ3n) is 7.51. The number of ether oxygens (including phenoxy) is 1. The fraction of sp³-hybridized carbons (Fsp3) is 0.345. The summed E-state index contributed by atoms with van der Waals surface area (Å²) in [6.07, 6.45) is 0.301. The van der Waals surface area contributed by atoms with Crippen molar-refractivity contribution < 1.29 is 17.9 Å². The molecule has 0 radical (unpaired) electrons. The lowest BCUT2D eigenvalue weighted by atomic mass is 9.94. The monoisotopic (exact) mass is 631 g/mol. The fourth-order valence-electron chi connectivity index (χ4n) is 5.41. The van der Waals surface area contributed by atoms with Crippen LogP contribution in [0.15, 0.2) is 76.1 Å². The molecule has 3 aromatic carbocycles. The van der Waals surface area contributed by atoms with E-state index in [1.54, 1.807) is 23.1 Å². The first-order valence-corrected chi connectivity index (χ1v) is 15.6. The summed E-state index contributed by atoms with van der Waals surface area (Å²) >= 11 is 9.93. The Morgan fingerprint density at radius 1 is 1.05 bits per heavy atom. The Balaban J connectivity index is 1.52. The average molecular weight is 633 g/mol. The highest BCUT2D eigenvalue weighted by Gasteiger charge is 2.43. The van der Waals surface area contributed by atoms with Crippen LogP contribution < -0.4 is 4.74 Å². The van der Waals surface area contributed by atoms with E-state index in [1.165, 1.54) is 4.31 Å². The number of hydrogen-bond donors (Lipinski definition) is 0. The SMILES string of the molecule is CCOc1ccc(Br)cc1S(=O)(=O)N1Cc2ccccc2CC1C(=O)N1CCN(C)C(c2ccccc2Cl)C1. The van der Waals surface area contributed by atoms with E-state index < -0.39 is 16.1 Å². The molecule has 2 heterocycles. The molecule has 0 bridgehead atoms. The molecule has 7 nitrogen and oxygen atoms in total. The van der Waals surface area contributed by atoms with Crippen LogP contribution in [0.1, 0.15) is 29.7 Å². The first kappa shape index (κ1) is 28.1. The van der Waals surface area contributed by atoms with Crippen molar-refractivity contribution in [2.45, 2.75) is 36.9 Å². The maximum atomic E-state index is 14.3. The Morgan fingerprint density at radius 2 is 1.77 bits per heavy atom. The van der Waals surface area contributed by atoms with Crippen LogP contribution in [0, 0.1) is 0 Å². The van der Waals surface area contributed by atoms with Gasteiger partial charge in [0, 0.05) is 35.7 Å². The van der Waals surface area contributed by atoms with Crippen molar-refractivity contribution in [1.82, 2.24) is 14.1 Å². The number of piperazine rings is 1. The molecule has 206 valence electrons. The number of fused-ring (bicyclic) bond motifs is 1. The third kappa shape index (κ3) is 5.60. The summed E-state index contributed by atoms with van der Waals surface area (Å²) in [7, 11) is -2.08. The maximum Gasteiger partial charge on any atom is 0.247 e. The highest BCUT2D eigenvalue weighted by Crippen LogP contribution is 2.36. The van der Waals surface area contributed by atoms with Crippen molar-refractivity contribution in [1.29, 1.82) is 0 Å². The molecule has 5 rings (SSSR count). The van der Waals surface area contributed by atoms with Gasteiger partial charge in [-0.2, -0.15) is 4.31 Å². The van der Waals surface area contributed by atoms with Gasteiger partial charge in [0.1, 0.15) is 16.7 Å². The lowest BCUT2D eigenvalue weighted by Gasteiger charge is -2.43. The van der Waals surface area contributed by atoms with E-state index in [9.17, 15) is 13.2 Å². The van der Waals surface area contributed by atoms with Gasteiger partial charge in [-0.3, -0.25) is 9.69 Å². The topological polar surface area (TPSA) is 70.2 Å². The van der Waals surface area contributed by atoms with Gasteiger partial charge in [-0.1, -0.05) is 70.0 Å². The predicted octanol–water partition coefficient (Wildman–Crippen LogP) is 5.13. The van der Waals surface area contributed by atoms with Crippen molar-refractivity contribution in [3.8, 4) is 5.75 Å². The molecule has 0 spiro atoms. The molecule has 0 saturated carbocycles. The molecule has 2 aliphatic heterocycles. The summed E-state index contributed by atoms with van der Waals surface area (Å²) in [5.41, 5.74) is 2.83. The summed E-state index contributed by atoms with van der Waals surface area (Å²) in [4.78, 5) is 18.2. The average Bonchev–Trinajstić information content (AvgIpc) is 2.93. The molecule has 2 aliphatic rings. The number of nitrogens with zero attached hydrogens (tertiary/aromatic N) is 3. The lowest BCUT2D eigenvalue weighted by molar-refractivity contribution is -0.138. The van der Waals surface area contributed by atoms with Gasteiger partial charge in [-0.05, 0) is 61.3 Å². The maximum absolute atomic E-state index is 14.3. The van der Waals surface area contributed by atoms with E-state index in [2.05, 4.69) is 20.8 Å². The molecule has 0 aromatic heterocycles. The van der Waals surface area contributed by atoms with Gasteiger partial charge < -0.3 is 9.64 Å². The van der Waals surface area contributed by atoms with Crippen molar-refractivity contribution >= 4 is 43.5 Å². The molecule has 2 unspecified atom stereocenters. The van der Waals surface area contributed by atoms with E-state index in [1.807, 2.05) is 62.5 Å². The van der Waals surface area contributed by atoms with Crippen LogP contribution in [-0.2, 0) is 27.8 Å². The summed E-state index contributed by atoms with van der Waals surface area (Å²) in [5, 5.41) is 0.651. The van der Waals surface area contributed by atoms with E-state index in [0.29, 0.717) is 42.2 Å². The molecule has 39 heavy (non-hydrogen) atoms. The van der Waals surface area contributed by atoms with E-state index >= 15 is 0 Å². The van der Waals surface area contributed by atoms with Crippen molar-refractivity contribution in [2.75, 3.05) is 33.3 Å². The number of sulfonamides is 1. The Kier molecular flexibility index (Phi) is 8.35. The first-order valence-electron chi connectivity index (χ1n) is 12.9. The Bertz CT molecular complexity index is 1480. The number of carbonyl (C=O) groups is 1. The number of hydrogen-bond acceptors (Lipinski definition) is 5. The summed E-state index contributed by atoms with van der Waals surface area (Å²) in [6, 6.07) is 19.3. The number of carbonyl (C=O) groups excluding carboxylic acids is 1. The molecule has 0 aliphatic carbocycles. The van der Waals surface area contributed by atoms with Gasteiger partial charge in [-0.15, -0.1) is 0 Å². The van der Waals surface area contributed by atoms with Crippen molar-refractivity contribution in [3.63, 3.8) is 0 Å². The van der Waals surface area contributed by atoms with Crippen LogP contribution in [-0.4, -0.2) is 67.8 Å². The van der Waals surface area contributed by atoms with Gasteiger partial charge in [0.05, 0.1) is 12.6 Å². The van der Waals surface area contributed by atoms with Crippen molar-refractivity contribution in [2.24, 2.45) is 0 Å². The predicted molar refractivity (Wildman–Crippen MR) is 155 cm³/mol. The van der Waals surface area contributed by atoms with Crippen LogP contribution in [0.25, 0.3) is 0 Å². The number of amides is 1. The summed E-state index contributed by atoms with van der Waals surface area (Å²) in [5.74, 6) is 0.0651. The second kappa shape index (κ2) is 11.6. The van der Waals surface area contributed by atoms with Gasteiger partial charge in [-0.25, -0.2) is 8.42 Å². The van der Waals surface area contributed by atoms with Crippen LogP contribution in [0.4, 0.5) is 0 Å². The normalized spacial score (nSPS) is 20.5. The highest BCUT2D eigenvalue weighted by atomic mass is 79.9.